The Bertz CT molecular complexity index is 698. The predicted molar refractivity (Wildman–Crippen MR) is 66.8 cm³/mol. The molecule has 0 amide bonds. The number of hydrogen-bond donors (Lipinski definition) is 0. The van der Waals surface area contributed by atoms with Crippen LogP contribution in [0, 0.1) is 0 Å². The van der Waals surface area contributed by atoms with E-state index < -0.39 is 0 Å². The van der Waals surface area contributed by atoms with E-state index in [4.69, 9.17) is 4.42 Å². The standard InChI is InChI=1S/C13H7BrO2/c14-9-4-5-10-11-3-1-2-8(7-15)13(11)16-12(10)6-9/h1-7H. The second-order valence-electron chi connectivity index (χ2n) is 3.58. The van der Waals surface area contributed by atoms with Gasteiger partial charge >= 0.3 is 0 Å². The second-order valence-corrected chi connectivity index (χ2v) is 4.50. The van der Waals surface area contributed by atoms with Crippen molar-refractivity contribution >= 4 is 44.2 Å². The summed E-state index contributed by atoms with van der Waals surface area (Å²) in [6, 6.07) is 11.4. The van der Waals surface area contributed by atoms with E-state index in [1.807, 2.05) is 30.3 Å². The fourth-order valence-electron chi connectivity index (χ4n) is 1.89. The van der Waals surface area contributed by atoms with Crippen molar-refractivity contribution < 1.29 is 9.21 Å². The molecule has 1 heterocycles. The minimum absolute atomic E-state index is 0.588. The van der Waals surface area contributed by atoms with Crippen molar-refractivity contribution in [1.29, 1.82) is 0 Å². The summed E-state index contributed by atoms with van der Waals surface area (Å²) >= 11 is 3.40. The number of para-hydroxylation sites is 1. The van der Waals surface area contributed by atoms with Crippen LogP contribution in [0.25, 0.3) is 21.9 Å². The topological polar surface area (TPSA) is 30.2 Å². The molecule has 2 nitrogen and oxygen atoms in total. The molecular formula is C13H7BrO2. The number of aldehydes is 1. The van der Waals surface area contributed by atoms with E-state index in [1.54, 1.807) is 6.07 Å². The summed E-state index contributed by atoms with van der Waals surface area (Å²) in [6.07, 6.45) is 0.819. The second kappa shape index (κ2) is 3.46. The Hall–Kier alpha value is -1.61. The summed E-state index contributed by atoms with van der Waals surface area (Å²) < 4.78 is 6.66. The molecule has 0 aliphatic carbocycles. The lowest BCUT2D eigenvalue weighted by Gasteiger charge is -1.91. The fraction of sp³-hybridized carbons (Fsp3) is 0. The highest BCUT2D eigenvalue weighted by atomic mass is 79.9. The average Bonchev–Trinajstić information content (AvgIpc) is 2.65. The molecule has 78 valence electrons. The molecular weight excluding hydrogens is 268 g/mol. The number of carbonyl (C=O) groups excluding carboxylic acids is 1. The lowest BCUT2D eigenvalue weighted by atomic mass is 10.1. The zero-order valence-corrected chi connectivity index (χ0v) is 9.82. The van der Waals surface area contributed by atoms with Gasteiger partial charge in [0.15, 0.2) is 6.29 Å². The molecule has 0 spiro atoms. The molecule has 3 rings (SSSR count). The maximum atomic E-state index is 10.9. The summed E-state index contributed by atoms with van der Waals surface area (Å²) in [6.45, 7) is 0. The van der Waals surface area contributed by atoms with E-state index >= 15 is 0 Å². The molecule has 0 radical (unpaired) electrons. The van der Waals surface area contributed by atoms with Crippen LogP contribution in [-0.2, 0) is 0 Å². The van der Waals surface area contributed by atoms with Gasteiger partial charge in [-0.25, -0.2) is 0 Å². The molecule has 3 aromatic rings. The van der Waals surface area contributed by atoms with Gasteiger partial charge in [-0.2, -0.15) is 0 Å². The number of hydrogen-bond acceptors (Lipinski definition) is 2. The lowest BCUT2D eigenvalue weighted by molar-refractivity contribution is 0.112. The first-order chi connectivity index (χ1) is 7.79. The molecule has 16 heavy (non-hydrogen) atoms. The van der Waals surface area contributed by atoms with Crippen LogP contribution in [0.5, 0.6) is 0 Å². The third kappa shape index (κ3) is 1.28. The summed E-state index contributed by atoms with van der Waals surface area (Å²) in [5, 5.41) is 2.01. The highest BCUT2D eigenvalue weighted by molar-refractivity contribution is 9.10. The summed E-state index contributed by atoms with van der Waals surface area (Å²) in [5.74, 6) is 0. The third-order valence-electron chi connectivity index (χ3n) is 2.62. The van der Waals surface area contributed by atoms with E-state index in [0.29, 0.717) is 11.1 Å². The molecule has 0 atom stereocenters. The molecule has 0 N–H and O–H groups in total. The van der Waals surface area contributed by atoms with Gasteiger partial charge in [-0.3, -0.25) is 4.79 Å². The van der Waals surface area contributed by atoms with Gasteiger partial charge in [0.05, 0.1) is 5.56 Å². The molecule has 0 saturated carbocycles. The van der Waals surface area contributed by atoms with Crippen LogP contribution in [0.1, 0.15) is 10.4 Å². The molecule has 0 fully saturated rings. The van der Waals surface area contributed by atoms with Crippen molar-refractivity contribution in [1.82, 2.24) is 0 Å². The van der Waals surface area contributed by atoms with Gasteiger partial charge in [0, 0.05) is 15.2 Å². The van der Waals surface area contributed by atoms with Crippen molar-refractivity contribution in [3.8, 4) is 0 Å². The van der Waals surface area contributed by atoms with Crippen molar-refractivity contribution in [2.75, 3.05) is 0 Å². The van der Waals surface area contributed by atoms with Gasteiger partial charge in [0.1, 0.15) is 11.2 Å². The molecule has 0 aliphatic rings. The van der Waals surface area contributed by atoms with E-state index in [0.717, 1.165) is 27.1 Å². The smallest absolute Gasteiger partial charge is 0.153 e. The van der Waals surface area contributed by atoms with Gasteiger partial charge in [-0.15, -0.1) is 0 Å². The van der Waals surface area contributed by atoms with E-state index in [9.17, 15) is 4.79 Å². The quantitative estimate of drug-likeness (QED) is 0.624. The summed E-state index contributed by atoms with van der Waals surface area (Å²) in [7, 11) is 0. The number of carbonyl (C=O) groups is 1. The van der Waals surface area contributed by atoms with Gasteiger partial charge in [-0.1, -0.05) is 28.1 Å². The molecule has 1 aromatic heterocycles. The van der Waals surface area contributed by atoms with Crippen molar-refractivity contribution in [3.05, 3.63) is 46.4 Å². The van der Waals surface area contributed by atoms with Crippen LogP contribution in [0.2, 0.25) is 0 Å². The zero-order chi connectivity index (χ0) is 11.1. The Morgan fingerprint density at radius 2 is 2.00 bits per heavy atom. The van der Waals surface area contributed by atoms with Crippen LogP contribution in [0.3, 0.4) is 0 Å². The van der Waals surface area contributed by atoms with Gasteiger partial charge in [0.25, 0.3) is 0 Å². The maximum Gasteiger partial charge on any atom is 0.153 e. The largest absolute Gasteiger partial charge is 0.455 e. The number of halogens is 1. The number of fused-ring (bicyclic) bond motifs is 3. The minimum atomic E-state index is 0.588. The highest BCUT2D eigenvalue weighted by Crippen LogP contribution is 2.31. The van der Waals surface area contributed by atoms with Crippen LogP contribution in [0.4, 0.5) is 0 Å². The minimum Gasteiger partial charge on any atom is -0.455 e. The normalized spacial score (nSPS) is 11.1. The zero-order valence-electron chi connectivity index (χ0n) is 8.24. The molecule has 3 heteroatoms. The van der Waals surface area contributed by atoms with Crippen molar-refractivity contribution in [2.45, 2.75) is 0 Å². The van der Waals surface area contributed by atoms with E-state index in [2.05, 4.69) is 15.9 Å². The monoisotopic (exact) mass is 274 g/mol. The van der Waals surface area contributed by atoms with Gasteiger partial charge in [0.2, 0.25) is 0 Å². The Morgan fingerprint density at radius 1 is 1.12 bits per heavy atom. The molecule has 0 aliphatic heterocycles. The SMILES string of the molecule is O=Cc1cccc2c1oc1cc(Br)ccc12. The van der Waals surface area contributed by atoms with Gasteiger partial charge < -0.3 is 4.42 Å². The lowest BCUT2D eigenvalue weighted by Crippen LogP contribution is -1.78. The molecule has 0 unspecified atom stereocenters. The fourth-order valence-corrected chi connectivity index (χ4v) is 2.23. The molecule has 0 saturated heterocycles. The number of furan rings is 1. The first-order valence-corrected chi connectivity index (χ1v) is 5.65. The maximum absolute atomic E-state index is 10.9. The number of benzene rings is 2. The molecule has 0 bridgehead atoms. The van der Waals surface area contributed by atoms with Crippen LogP contribution in [0.15, 0.2) is 45.3 Å². The third-order valence-corrected chi connectivity index (χ3v) is 3.11. The Kier molecular flexibility index (Phi) is 2.07. The van der Waals surface area contributed by atoms with Crippen LogP contribution < -0.4 is 0 Å². The number of rotatable bonds is 1. The van der Waals surface area contributed by atoms with Crippen LogP contribution in [-0.4, -0.2) is 6.29 Å². The Balaban J connectivity index is 2.54. The van der Waals surface area contributed by atoms with Crippen LogP contribution >= 0.6 is 15.9 Å². The predicted octanol–water partition coefficient (Wildman–Crippen LogP) is 4.16. The van der Waals surface area contributed by atoms with E-state index in [1.165, 1.54) is 0 Å². The average molecular weight is 275 g/mol. The summed E-state index contributed by atoms with van der Waals surface area (Å²) in [5.41, 5.74) is 2.04. The van der Waals surface area contributed by atoms with Crippen molar-refractivity contribution in [2.24, 2.45) is 0 Å². The first kappa shape index (κ1) is 9.60. The van der Waals surface area contributed by atoms with E-state index in [-0.39, 0.29) is 0 Å². The van der Waals surface area contributed by atoms with Gasteiger partial charge in [-0.05, 0) is 24.3 Å². The van der Waals surface area contributed by atoms with Crippen molar-refractivity contribution in [3.63, 3.8) is 0 Å². The summed E-state index contributed by atoms with van der Waals surface area (Å²) in [4.78, 5) is 10.9. The molecule has 2 aromatic carbocycles. The Morgan fingerprint density at radius 3 is 2.81 bits per heavy atom. The Labute approximate surface area is 100.0 Å². The highest BCUT2D eigenvalue weighted by Gasteiger charge is 2.09. The first-order valence-electron chi connectivity index (χ1n) is 4.85.